The second-order valence-electron chi connectivity index (χ2n) is 7.00. The van der Waals surface area contributed by atoms with Crippen LogP contribution in [0.2, 0.25) is 0 Å². The number of rotatable bonds is 3. The van der Waals surface area contributed by atoms with Crippen molar-refractivity contribution >= 4 is 11.6 Å². The van der Waals surface area contributed by atoms with Gasteiger partial charge in [-0.2, -0.15) is 10.1 Å². The van der Waals surface area contributed by atoms with Gasteiger partial charge in [0, 0.05) is 23.7 Å². The highest BCUT2D eigenvalue weighted by molar-refractivity contribution is 6.03. The summed E-state index contributed by atoms with van der Waals surface area (Å²) in [5.41, 5.74) is 2.63. The normalized spacial score (nSPS) is 11.6. The number of carbonyl (C=O) groups is 1. The Balaban J connectivity index is 1.75. The first-order valence-corrected chi connectivity index (χ1v) is 8.00. The van der Waals surface area contributed by atoms with Crippen molar-refractivity contribution in [2.45, 2.75) is 33.1 Å². The second kappa shape index (κ2) is 6.16. The van der Waals surface area contributed by atoms with E-state index in [1.807, 2.05) is 52.0 Å². The molecule has 0 radical (unpaired) electrons. The number of nitrogens with zero attached hydrogens (tertiary/aromatic N) is 4. The second-order valence-corrected chi connectivity index (χ2v) is 7.00. The summed E-state index contributed by atoms with van der Waals surface area (Å²) in [6.45, 7) is 7.90. The van der Waals surface area contributed by atoms with Crippen LogP contribution in [0.25, 0.3) is 11.4 Å². The summed E-state index contributed by atoms with van der Waals surface area (Å²) in [5.74, 6) is 0.918. The highest BCUT2D eigenvalue weighted by Crippen LogP contribution is 2.24. The highest BCUT2D eigenvalue weighted by Gasteiger charge is 2.22. The molecule has 0 atom stereocenters. The lowest BCUT2D eigenvalue weighted by molar-refractivity contribution is 0.101. The number of hydrogen-bond acceptors (Lipinski definition) is 5. The third kappa shape index (κ3) is 3.60. The smallest absolute Gasteiger partial charge is 0.273 e. The van der Waals surface area contributed by atoms with Crippen molar-refractivity contribution in [1.82, 2.24) is 19.9 Å². The fourth-order valence-electron chi connectivity index (χ4n) is 2.37. The van der Waals surface area contributed by atoms with Crippen molar-refractivity contribution in [2.75, 3.05) is 5.32 Å². The SMILES string of the molecule is Cc1cc(C(=O)Nc2ccc(-c3noc(C(C)(C)C)n3)cc2)n(C)n1. The molecule has 2 heterocycles. The van der Waals surface area contributed by atoms with E-state index in [2.05, 4.69) is 20.6 Å². The Morgan fingerprint density at radius 2 is 1.88 bits per heavy atom. The highest BCUT2D eigenvalue weighted by atomic mass is 16.5. The number of hydrogen-bond donors (Lipinski definition) is 1. The zero-order valence-corrected chi connectivity index (χ0v) is 15.0. The molecule has 3 aromatic rings. The predicted octanol–water partition coefficient (Wildman–Crippen LogP) is 3.33. The van der Waals surface area contributed by atoms with Gasteiger partial charge in [-0.05, 0) is 37.3 Å². The minimum Gasteiger partial charge on any atom is -0.338 e. The number of amides is 1. The molecule has 0 fully saturated rings. The van der Waals surface area contributed by atoms with Gasteiger partial charge in [0.15, 0.2) is 0 Å². The molecule has 130 valence electrons. The lowest BCUT2D eigenvalue weighted by Crippen LogP contribution is -2.15. The van der Waals surface area contributed by atoms with E-state index in [9.17, 15) is 4.79 Å². The van der Waals surface area contributed by atoms with Crippen molar-refractivity contribution in [3.63, 3.8) is 0 Å². The largest absolute Gasteiger partial charge is 0.338 e. The molecule has 0 saturated heterocycles. The van der Waals surface area contributed by atoms with E-state index in [1.54, 1.807) is 17.8 Å². The van der Waals surface area contributed by atoms with Gasteiger partial charge >= 0.3 is 0 Å². The molecule has 0 bridgehead atoms. The number of aromatic nitrogens is 4. The molecule has 0 aliphatic heterocycles. The van der Waals surface area contributed by atoms with Crippen LogP contribution >= 0.6 is 0 Å². The Labute approximate surface area is 146 Å². The quantitative estimate of drug-likeness (QED) is 0.791. The molecule has 1 aromatic carbocycles. The van der Waals surface area contributed by atoms with Gasteiger partial charge in [0.05, 0.1) is 5.69 Å². The summed E-state index contributed by atoms with van der Waals surface area (Å²) < 4.78 is 6.87. The first kappa shape index (κ1) is 16.9. The lowest BCUT2D eigenvalue weighted by atomic mass is 9.97. The van der Waals surface area contributed by atoms with Crippen LogP contribution in [-0.2, 0) is 12.5 Å². The van der Waals surface area contributed by atoms with Gasteiger partial charge in [-0.1, -0.05) is 25.9 Å². The molecular weight excluding hydrogens is 318 g/mol. The Hall–Kier alpha value is -2.96. The van der Waals surface area contributed by atoms with Crippen LogP contribution < -0.4 is 5.32 Å². The molecule has 7 heteroatoms. The number of aryl methyl sites for hydroxylation is 2. The molecule has 1 N–H and O–H groups in total. The minimum absolute atomic E-state index is 0.194. The molecule has 0 saturated carbocycles. The Morgan fingerprint density at radius 3 is 2.40 bits per heavy atom. The molecular formula is C18H21N5O2. The van der Waals surface area contributed by atoms with Crippen LogP contribution in [0.3, 0.4) is 0 Å². The van der Waals surface area contributed by atoms with Crippen LogP contribution in [0.1, 0.15) is 42.8 Å². The topological polar surface area (TPSA) is 85.8 Å². The number of benzene rings is 1. The van der Waals surface area contributed by atoms with Gasteiger partial charge in [-0.25, -0.2) is 0 Å². The van der Waals surface area contributed by atoms with Crippen molar-refractivity contribution < 1.29 is 9.32 Å². The van der Waals surface area contributed by atoms with Crippen LogP contribution in [0.4, 0.5) is 5.69 Å². The fraction of sp³-hybridized carbons (Fsp3) is 0.333. The minimum atomic E-state index is -0.203. The van der Waals surface area contributed by atoms with Gasteiger partial charge < -0.3 is 9.84 Å². The molecule has 25 heavy (non-hydrogen) atoms. The maximum absolute atomic E-state index is 12.3. The Morgan fingerprint density at radius 1 is 1.20 bits per heavy atom. The Kier molecular flexibility index (Phi) is 4.16. The molecule has 0 aliphatic carbocycles. The molecule has 0 spiro atoms. The summed E-state index contributed by atoms with van der Waals surface area (Å²) >= 11 is 0. The first-order valence-electron chi connectivity index (χ1n) is 8.00. The van der Waals surface area contributed by atoms with Gasteiger partial charge in [0.25, 0.3) is 5.91 Å². The van der Waals surface area contributed by atoms with E-state index in [-0.39, 0.29) is 11.3 Å². The molecule has 0 unspecified atom stereocenters. The van der Waals surface area contributed by atoms with Gasteiger partial charge in [0.1, 0.15) is 5.69 Å². The van der Waals surface area contributed by atoms with E-state index in [0.29, 0.717) is 23.1 Å². The average molecular weight is 339 g/mol. The summed E-state index contributed by atoms with van der Waals surface area (Å²) in [6.07, 6.45) is 0. The van der Waals surface area contributed by atoms with Crippen LogP contribution in [-0.4, -0.2) is 25.8 Å². The van der Waals surface area contributed by atoms with Crippen LogP contribution in [0, 0.1) is 6.92 Å². The van der Waals surface area contributed by atoms with Gasteiger partial charge in [0.2, 0.25) is 11.7 Å². The fourth-order valence-corrected chi connectivity index (χ4v) is 2.37. The third-order valence-electron chi connectivity index (χ3n) is 3.70. The number of anilines is 1. The van der Waals surface area contributed by atoms with E-state index < -0.39 is 0 Å². The van der Waals surface area contributed by atoms with Crippen LogP contribution in [0.15, 0.2) is 34.9 Å². The molecule has 0 aliphatic rings. The number of nitrogens with one attached hydrogen (secondary N) is 1. The van der Waals surface area contributed by atoms with E-state index >= 15 is 0 Å². The third-order valence-corrected chi connectivity index (χ3v) is 3.70. The van der Waals surface area contributed by atoms with Crippen LogP contribution in [0.5, 0.6) is 0 Å². The zero-order valence-electron chi connectivity index (χ0n) is 15.0. The summed E-state index contributed by atoms with van der Waals surface area (Å²) in [7, 11) is 1.74. The van der Waals surface area contributed by atoms with E-state index in [0.717, 1.165) is 11.3 Å². The van der Waals surface area contributed by atoms with Gasteiger partial charge in [-0.15, -0.1) is 0 Å². The maximum atomic E-state index is 12.3. The molecule has 2 aromatic heterocycles. The van der Waals surface area contributed by atoms with Crippen molar-refractivity contribution in [3.05, 3.63) is 47.6 Å². The standard InChI is InChI=1S/C18H21N5O2/c1-11-10-14(23(5)21-11)16(24)19-13-8-6-12(7-9-13)15-20-17(25-22-15)18(2,3)4/h6-10H,1-5H3,(H,19,24). The maximum Gasteiger partial charge on any atom is 0.273 e. The summed E-state index contributed by atoms with van der Waals surface area (Å²) in [4.78, 5) is 16.7. The van der Waals surface area contributed by atoms with Crippen molar-refractivity contribution in [1.29, 1.82) is 0 Å². The summed E-state index contributed by atoms with van der Waals surface area (Å²) in [6, 6.07) is 9.06. The van der Waals surface area contributed by atoms with E-state index in [4.69, 9.17) is 4.52 Å². The predicted molar refractivity (Wildman–Crippen MR) is 94.3 cm³/mol. The first-order chi connectivity index (χ1) is 11.7. The zero-order chi connectivity index (χ0) is 18.2. The van der Waals surface area contributed by atoms with E-state index in [1.165, 1.54) is 0 Å². The monoisotopic (exact) mass is 339 g/mol. The molecule has 7 nitrogen and oxygen atoms in total. The lowest BCUT2D eigenvalue weighted by Gasteiger charge is -2.10. The molecule has 3 rings (SSSR count). The van der Waals surface area contributed by atoms with Crippen molar-refractivity contribution in [3.8, 4) is 11.4 Å². The average Bonchev–Trinajstić information content (AvgIpc) is 3.14. The molecule has 1 amide bonds. The van der Waals surface area contributed by atoms with Gasteiger partial charge in [-0.3, -0.25) is 9.48 Å². The van der Waals surface area contributed by atoms with Crippen molar-refractivity contribution in [2.24, 2.45) is 7.05 Å². The summed E-state index contributed by atoms with van der Waals surface area (Å²) in [5, 5.41) is 11.1. The number of carbonyl (C=O) groups excluding carboxylic acids is 1. The Bertz CT molecular complexity index is 900.